The molecule has 1 aromatic heterocycles. The number of benzene rings is 1. The number of sulfonamides is 1. The molecule has 0 saturated heterocycles. The van der Waals surface area contributed by atoms with E-state index in [1.54, 1.807) is 0 Å². The molecule has 0 fully saturated rings. The zero-order valence-corrected chi connectivity index (χ0v) is 11.9. The third-order valence-corrected chi connectivity index (χ3v) is 4.03. The van der Waals surface area contributed by atoms with Gasteiger partial charge in [0.2, 0.25) is 10.0 Å². The van der Waals surface area contributed by atoms with Crippen LogP contribution in [-0.2, 0) is 16.4 Å². The van der Waals surface area contributed by atoms with Crippen LogP contribution in [-0.4, -0.2) is 30.2 Å². The van der Waals surface area contributed by atoms with Crippen LogP contribution in [0.25, 0.3) is 0 Å². The van der Waals surface area contributed by atoms with E-state index in [2.05, 4.69) is 9.71 Å². The Morgan fingerprint density at radius 1 is 1.19 bits per heavy atom. The summed E-state index contributed by atoms with van der Waals surface area (Å²) in [5.74, 6) is -1.24. The number of nitrogens with zero attached hydrogens (tertiary/aromatic N) is 1. The van der Waals surface area contributed by atoms with Crippen LogP contribution >= 0.6 is 0 Å². The lowest BCUT2D eigenvalue weighted by Crippen LogP contribution is -2.19. The van der Waals surface area contributed by atoms with Gasteiger partial charge in [-0.2, -0.15) is 0 Å². The van der Waals surface area contributed by atoms with Crippen molar-refractivity contribution in [3.05, 3.63) is 59.8 Å². The lowest BCUT2D eigenvalue weighted by atomic mass is 10.2. The first-order valence-corrected chi connectivity index (χ1v) is 7.85. The van der Waals surface area contributed by atoms with Gasteiger partial charge in [0.15, 0.2) is 0 Å². The molecule has 0 spiro atoms. The van der Waals surface area contributed by atoms with Crippen LogP contribution in [0.5, 0.6) is 0 Å². The largest absolute Gasteiger partial charge is 0.478 e. The van der Waals surface area contributed by atoms with Gasteiger partial charge in [0.05, 0.1) is 11.3 Å². The van der Waals surface area contributed by atoms with Crippen molar-refractivity contribution < 1.29 is 18.3 Å². The Hall–Kier alpha value is -2.41. The third kappa shape index (κ3) is 4.57. The number of carboxylic acid groups (broad SMARTS) is 1. The van der Waals surface area contributed by atoms with E-state index in [4.69, 9.17) is 5.11 Å². The van der Waals surface area contributed by atoms with Crippen LogP contribution in [0.4, 0.5) is 5.82 Å². The number of aromatic carboxylic acids is 1. The molecule has 0 bridgehead atoms. The summed E-state index contributed by atoms with van der Waals surface area (Å²) in [6, 6.07) is 11.7. The first-order valence-electron chi connectivity index (χ1n) is 6.20. The zero-order valence-electron chi connectivity index (χ0n) is 11.1. The highest BCUT2D eigenvalue weighted by molar-refractivity contribution is 7.92. The Labute approximate surface area is 122 Å². The van der Waals surface area contributed by atoms with E-state index in [-0.39, 0.29) is 17.1 Å². The smallest absolute Gasteiger partial charge is 0.335 e. The molecule has 6 nitrogen and oxygen atoms in total. The zero-order chi connectivity index (χ0) is 15.3. The van der Waals surface area contributed by atoms with Crippen molar-refractivity contribution in [2.75, 3.05) is 10.5 Å². The number of rotatable bonds is 6. The van der Waals surface area contributed by atoms with Crippen molar-refractivity contribution >= 4 is 21.8 Å². The number of pyridine rings is 1. The molecule has 2 rings (SSSR count). The molecule has 1 heterocycles. The summed E-state index contributed by atoms with van der Waals surface area (Å²) in [5.41, 5.74) is 0.890. The topological polar surface area (TPSA) is 96.4 Å². The minimum atomic E-state index is -3.58. The van der Waals surface area contributed by atoms with Crippen LogP contribution in [0.1, 0.15) is 15.9 Å². The van der Waals surface area contributed by atoms with E-state index in [0.717, 1.165) is 5.56 Å². The van der Waals surface area contributed by atoms with Crippen LogP contribution < -0.4 is 4.72 Å². The molecule has 2 N–H and O–H groups in total. The maximum atomic E-state index is 12.0. The van der Waals surface area contributed by atoms with Gasteiger partial charge in [-0.15, -0.1) is 0 Å². The fourth-order valence-corrected chi connectivity index (χ4v) is 2.76. The van der Waals surface area contributed by atoms with Crippen LogP contribution in [0.2, 0.25) is 0 Å². The lowest BCUT2D eigenvalue weighted by Gasteiger charge is -2.07. The molecule has 0 unspecified atom stereocenters. The number of hydrogen-bond acceptors (Lipinski definition) is 4. The molecule has 0 aliphatic rings. The number of aromatic nitrogens is 1. The quantitative estimate of drug-likeness (QED) is 0.847. The summed E-state index contributed by atoms with van der Waals surface area (Å²) in [6.45, 7) is 0. The number of aryl methyl sites for hydroxylation is 1. The summed E-state index contributed by atoms with van der Waals surface area (Å²) in [6.07, 6.45) is 1.62. The maximum absolute atomic E-state index is 12.0. The Balaban J connectivity index is 2.04. The van der Waals surface area contributed by atoms with Gasteiger partial charge in [-0.1, -0.05) is 30.3 Å². The predicted octanol–water partition coefficient (Wildman–Crippen LogP) is 1.76. The van der Waals surface area contributed by atoms with Gasteiger partial charge in [-0.3, -0.25) is 4.72 Å². The number of carbonyl (C=O) groups is 1. The lowest BCUT2D eigenvalue weighted by molar-refractivity contribution is 0.0697. The molecular weight excluding hydrogens is 292 g/mol. The van der Waals surface area contributed by atoms with Crippen molar-refractivity contribution in [3.63, 3.8) is 0 Å². The van der Waals surface area contributed by atoms with E-state index < -0.39 is 16.0 Å². The molecule has 0 aliphatic carbocycles. The van der Waals surface area contributed by atoms with Crippen molar-refractivity contribution in [2.24, 2.45) is 0 Å². The first-order chi connectivity index (χ1) is 9.96. The van der Waals surface area contributed by atoms with Gasteiger partial charge in [0.1, 0.15) is 5.82 Å². The van der Waals surface area contributed by atoms with E-state index in [1.807, 2.05) is 30.3 Å². The summed E-state index contributed by atoms with van der Waals surface area (Å²) in [4.78, 5) is 14.6. The number of carboxylic acids is 1. The Bertz CT molecular complexity index is 730. The number of nitrogens with one attached hydrogen (secondary N) is 1. The monoisotopic (exact) mass is 306 g/mol. The molecule has 0 aliphatic heterocycles. The molecule has 2 aromatic rings. The van der Waals surface area contributed by atoms with Crippen LogP contribution in [0, 0.1) is 0 Å². The van der Waals surface area contributed by atoms with Gasteiger partial charge in [0.25, 0.3) is 0 Å². The van der Waals surface area contributed by atoms with E-state index >= 15 is 0 Å². The van der Waals surface area contributed by atoms with Crippen molar-refractivity contribution in [1.82, 2.24) is 4.98 Å². The molecule has 21 heavy (non-hydrogen) atoms. The third-order valence-electron chi connectivity index (χ3n) is 2.77. The molecule has 110 valence electrons. The highest BCUT2D eigenvalue weighted by Crippen LogP contribution is 2.10. The second kappa shape index (κ2) is 6.36. The molecular formula is C14H14N2O4S. The van der Waals surface area contributed by atoms with Gasteiger partial charge in [-0.05, 0) is 24.1 Å². The van der Waals surface area contributed by atoms with Gasteiger partial charge < -0.3 is 5.11 Å². The fraction of sp³-hybridized carbons (Fsp3) is 0.143. The molecule has 0 saturated carbocycles. The van der Waals surface area contributed by atoms with E-state index in [1.165, 1.54) is 18.3 Å². The van der Waals surface area contributed by atoms with Crippen molar-refractivity contribution in [1.29, 1.82) is 0 Å². The molecule has 7 heteroatoms. The highest BCUT2D eigenvalue weighted by Gasteiger charge is 2.13. The Morgan fingerprint density at radius 3 is 2.57 bits per heavy atom. The van der Waals surface area contributed by atoms with Gasteiger partial charge in [0, 0.05) is 6.20 Å². The Kier molecular flexibility index (Phi) is 4.54. The molecule has 0 atom stereocenters. The minimum absolute atomic E-state index is 0.00274. The Morgan fingerprint density at radius 2 is 1.90 bits per heavy atom. The van der Waals surface area contributed by atoms with Crippen LogP contribution in [0.3, 0.4) is 0 Å². The van der Waals surface area contributed by atoms with Gasteiger partial charge in [-0.25, -0.2) is 18.2 Å². The molecule has 0 amide bonds. The summed E-state index contributed by atoms with van der Waals surface area (Å²) >= 11 is 0. The summed E-state index contributed by atoms with van der Waals surface area (Å²) in [7, 11) is -3.58. The van der Waals surface area contributed by atoms with Crippen molar-refractivity contribution in [3.8, 4) is 0 Å². The first kappa shape index (κ1) is 15.0. The predicted molar refractivity (Wildman–Crippen MR) is 78.8 cm³/mol. The SMILES string of the molecule is O=C(O)c1ccnc(NS(=O)(=O)CCc2ccccc2)c1. The number of anilines is 1. The normalized spacial score (nSPS) is 11.0. The van der Waals surface area contributed by atoms with Gasteiger partial charge >= 0.3 is 5.97 Å². The van der Waals surface area contributed by atoms with E-state index in [0.29, 0.717) is 6.42 Å². The van der Waals surface area contributed by atoms with Crippen molar-refractivity contribution in [2.45, 2.75) is 6.42 Å². The highest BCUT2D eigenvalue weighted by atomic mass is 32.2. The summed E-state index contributed by atoms with van der Waals surface area (Å²) in [5, 5.41) is 8.85. The molecule has 0 radical (unpaired) electrons. The van der Waals surface area contributed by atoms with Crippen LogP contribution in [0.15, 0.2) is 48.7 Å². The number of hydrogen-bond donors (Lipinski definition) is 2. The maximum Gasteiger partial charge on any atom is 0.335 e. The second-order valence-corrected chi connectivity index (χ2v) is 6.23. The van der Waals surface area contributed by atoms with E-state index in [9.17, 15) is 13.2 Å². The fourth-order valence-electron chi connectivity index (χ4n) is 1.73. The second-order valence-electron chi connectivity index (χ2n) is 4.39. The average Bonchev–Trinajstić information content (AvgIpc) is 2.46. The molecule has 1 aromatic carbocycles. The average molecular weight is 306 g/mol. The standard InChI is InChI=1S/C14H14N2O4S/c17-14(18)12-6-8-15-13(10-12)16-21(19,20)9-7-11-4-2-1-3-5-11/h1-6,8,10H,7,9H2,(H,15,16)(H,17,18). The minimum Gasteiger partial charge on any atom is -0.478 e. The summed E-state index contributed by atoms with van der Waals surface area (Å²) < 4.78 is 26.2.